The van der Waals surface area contributed by atoms with Crippen molar-refractivity contribution in [2.75, 3.05) is 7.05 Å². The molecule has 0 aromatic carbocycles. The predicted octanol–water partition coefficient (Wildman–Crippen LogP) is 2.65. The molecule has 4 heteroatoms. The van der Waals surface area contributed by atoms with Crippen LogP contribution in [0.2, 0.25) is 0 Å². The van der Waals surface area contributed by atoms with Crippen LogP contribution in [-0.2, 0) is 6.54 Å². The molecular weight excluding hydrogens is 238 g/mol. The number of nitrogens with zero attached hydrogens (tertiary/aromatic N) is 2. The van der Waals surface area contributed by atoms with E-state index in [4.69, 9.17) is 4.74 Å². The fourth-order valence-electron chi connectivity index (χ4n) is 1.86. The quantitative estimate of drug-likeness (QED) is 0.894. The molecule has 2 heterocycles. The van der Waals surface area contributed by atoms with E-state index < -0.39 is 0 Å². The summed E-state index contributed by atoms with van der Waals surface area (Å²) >= 11 is 0. The predicted molar refractivity (Wildman–Crippen MR) is 76.0 cm³/mol. The van der Waals surface area contributed by atoms with Crippen LogP contribution < -0.4 is 10.1 Å². The van der Waals surface area contributed by atoms with Crippen LogP contribution in [-0.4, -0.2) is 23.1 Å². The van der Waals surface area contributed by atoms with E-state index in [9.17, 15) is 0 Å². The minimum atomic E-state index is 0.144. The molecule has 0 aliphatic heterocycles. The molecule has 0 atom stereocenters. The van der Waals surface area contributed by atoms with Gasteiger partial charge in [0.2, 0.25) is 0 Å². The molecule has 2 aromatic heterocycles. The van der Waals surface area contributed by atoms with Gasteiger partial charge in [-0.1, -0.05) is 0 Å². The number of aromatic nitrogens is 2. The van der Waals surface area contributed by atoms with Gasteiger partial charge in [-0.25, -0.2) is 0 Å². The average molecular weight is 257 g/mol. The van der Waals surface area contributed by atoms with E-state index in [0.29, 0.717) is 0 Å². The van der Waals surface area contributed by atoms with Gasteiger partial charge in [-0.15, -0.1) is 0 Å². The highest BCUT2D eigenvalue weighted by molar-refractivity contribution is 5.63. The van der Waals surface area contributed by atoms with Gasteiger partial charge in [-0.05, 0) is 38.6 Å². The Labute approximate surface area is 113 Å². The Morgan fingerprint density at radius 2 is 1.74 bits per heavy atom. The number of nitrogens with one attached hydrogen (secondary N) is 1. The second kappa shape index (κ2) is 6.29. The Morgan fingerprint density at radius 1 is 1.05 bits per heavy atom. The van der Waals surface area contributed by atoms with Crippen LogP contribution in [0.15, 0.2) is 36.9 Å². The Hall–Kier alpha value is -1.94. The third-order valence-corrected chi connectivity index (χ3v) is 2.59. The topological polar surface area (TPSA) is 47.0 Å². The summed E-state index contributed by atoms with van der Waals surface area (Å²) in [5, 5.41) is 3.12. The number of rotatable bonds is 5. The van der Waals surface area contributed by atoms with Gasteiger partial charge in [-0.2, -0.15) is 0 Å². The van der Waals surface area contributed by atoms with Crippen LogP contribution in [0.25, 0.3) is 11.1 Å². The van der Waals surface area contributed by atoms with Crippen molar-refractivity contribution in [2.24, 2.45) is 0 Å². The summed E-state index contributed by atoms with van der Waals surface area (Å²) in [4.78, 5) is 8.48. The molecule has 0 saturated carbocycles. The summed E-state index contributed by atoms with van der Waals surface area (Å²) in [6.45, 7) is 4.81. The monoisotopic (exact) mass is 257 g/mol. The zero-order valence-electron chi connectivity index (χ0n) is 11.6. The van der Waals surface area contributed by atoms with Crippen molar-refractivity contribution in [1.29, 1.82) is 0 Å². The molecule has 0 aliphatic rings. The highest BCUT2D eigenvalue weighted by atomic mass is 16.5. The maximum atomic E-state index is 5.66. The fraction of sp³-hybridized carbons (Fsp3) is 0.333. The van der Waals surface area contributed by atoms with Crippen molar-refractivity contribution in [3.05, 3.63) is 42.5 Å². The fourth-order valence-corrected chi connectivity index (χ4v) is 1.86. The lowest BCUT2D eigenvalue weighted by molar-refractivity contribution is 0.241. The highest BCUT2D eigenvalue weighted by Gasteiger charge is 2.04. The maximum Gasteiger partial charge on any atom is 0.138 e. The van der Waals surface area contributed by atoms with Crippen LogP contribution in [0.4, 0.5) is 0 Å². The van der Waals surface area contributed by atoms with Gasteiger partial charge in [0.1, 0.15) is 5.75 Å². The third kappa shape index (κ3) is 3.76. The van der Waals surface area contributed by atoms with Crippen molar-refractivity contribution in [1.82, 2.24) is 15.3 Å². The SMILES string of the molecule is CNCc1cncc(-c2cncc(OC(C)C)c2)c1. The second-order valence-corrected chi connectivity index (χ2v) is 4.69. The normalized spacial score (nSPS) is 10.7. The van der Waals surface area contributed by atoms with Gasteiger partial charge in [0.15, 0.2) is 0 Å². The Morgan fingerprint density at radius 3 is 2.42 bits per heavy atom. The number of hydrogen-bond donors (Lipinski definition) is 1. The first-order valence-electron chi connectivity index (χ1n) is 6.39. The van der Waals surface area contributed by atoms with Crippen LogP contribution >= 0.6 is 0 Å². The molecule has 0 aliphatic carbocycles. The molecular formula is C15H19N3O. The molecule has 2 rings (SSSR count). The lowest BCUT2D eigenvalue weighted by atomic mass is 10.1. The average Bonchev–Trinajstić information content (AvgIpc) is 2.39. The van der Waals surface area contributed by atoms with Crippen molar-refractivity contribution >= 4 is 0 Å². The van der Waals surface area contributed by atoms with Gasteiger partial charge in [0, 0.05) is 36.3 Å². The van der Waals surface area contributed by atoms with Crippen LogP contribution in [0.3, 0.4) is 0 Å². The lowest BCUT2D eigenvalue weighted by Gasteiger charge is -2.10. The van der Waals surface area contributed by atoms with E-state index >= 15 is 0 Å². The molecule has 100 valence electrons. The summed E-state index contributed by atoms with van der Waals surface area (Å²) in [7, 11) is 1.92. The van der Waals surface area contributed by atoms with E-state index in [-0.39, 0.29) is 6.10 Å². The van der Waals surface area contributed by atoms with E-state index in [1.807, 2.05) is 45.6 Å². The third-order valence-electron chi connectivity index (χ3n) is 2.59. The van der Waals surface area contributed by atoms with Crippen LogP contribution in [0.5, 0.6) is 5.75 Å². The zero-order valence-corrected chi connectivity index (χ0v) is 11.6. The zero-order chi connectivity index (χ0) is 13.7. The molecule has 0 fully saturated rings. The molecule has 0 radical (unpaired) electrons. The number of ether oxygens (including phenoxy) is 1. The molecule has 0 spiro atoms. The second-order valence-electron chi connectivity index (χ2n) is 4.69. The van der Waals surface area contributed by atoms with Gasteiger partial charge in [-0.3, -0.25) is 9.97 Å². The molecule has 2 aromatic rings. The largest absolute Gasteiger partial charge is 0.489 e. The summed E-state index contributed by atoms with van der Waals surface area (Å²) < 4.78 is 5.66. The molecule has 4 nitrogen and oxygen atoms in total. The van der Waals surface area contributed by atoms with E-state index in [1.165, 1.54) is 0 Å². The van der Waals surface area contributed by atoms with E-state index in [1.54, 1.807) is 6.20 Å². The summed E-state index contributed by atoms with van der Waals surface area (Å²) in [5.41, 5.74) is 3.22. The first kappa shape index (κ1) is 13.5. The first-order valence-corrected chi connectivity index (χ1v) is 6.39. The Balaban J connectivity index is 2.28. The molecule has 1 N–H and O–H groups in total. The van der Waals surface area contributed by atoms with Gasteiger partial charge in [0.25, 0.3) is 0 Å². The Kier molecular flexibility index (Phi) is 4.47. The van der Waals surface area contributed by atoms with Gasteiger partial charge < -0.3 is 10.1 Å². The minimum Gasteiger partial charge on any atom is -0.489 e. The van der Waals surface area contributed by atoms with E-state index in [0.717, 1.165) is 29.0 Å². The number of pyridine rings is 2. The standard InChI is InChI=1S/C15H19N3O/c1-11(2)19-15-5-14(9-18-10-15)13-4-12(6-16-3)7-17-8-13/h4-5,7-11,16H,6H2,1-3H3. The van der Waals surface area contributed by atoms with Gasteiger partial charge >= 0.3 is 0 Å². The minimum absolute atomic E-state index is 0.144. The van der Waals surface area contributed by atoms with Crippen molar-refractivity contribution < 1.29 is 4.74 Å². The molecule has 0 bridgehead atoms. The maximum absolute atomic E-state index is 5.66. The van der Waals surface area contributed by atoms with Crippen molar-refractivity contribution in [2.45, 2.75) is 26.5 Å². The smallest absolute Gasteiger partial charge is 0.138 e. The summed E-state index contributed by atoms with van der Waals surface area (Å²) in [6, 6.07) is 4.10. The summed E-state index contributed by atoms with van der Waals surface area (Å²) in [5.74, 6) is 0.784. The van der Waals surface area contributed by atoms with Gasteiger partial charge in [0.05, 0.1) is 12.3 Å². The lowest BCUT2D eigenvalue weighted by Crippen LogP contribution is -2.06. The molecule has 19 heavy (non-hydrogen) atoms. The molecule has 0 amide bonds. The number of hydrogen-bond acceptors (Lipinski definition) is 4. The molecule has 0 unspecified atom stereocenters. The van der Waals surface area contributed by atoms with Crippen molar-refractivity contribution in [3.8, 4) is 16.9 Å². The van der Waals surface area contributed by atoms with Crippen molar-refractivity contribution in [3.63, 3.8) is 0 Å². The Bertz CT molecular complexity index is 540. The summed E-state index contributed by atoms with van der Waals surface area (Å²) in [6.07, 6.45) is 7.41. The van der Waals surface area contributed by atoms with Crippen LogP contribution in [0.1, 0.15) is 19.4 Å². The highest BCUT2D eigenvalue weighted by Crippen LogP contribution is 2.23. The van der Waals surface area contributed by atoms with E-state index in [2.05, 4.69) is 21.4 Å². The first-order chi connectivity index (χ1) is 9.19. The molecule has 0 saturated heterocycles. The van der Waals surface area contributed by atoms with Crippen LogP contribution in [0, 0.1) is 0 Å².